The first-order valence-electron chi connectivity index (χ1n) is 5.98. The van der Waals surface area contributed by atoms with Crippen LogP contribution in [0.3, 0.4) is 0 Å². The van der Waals surface area contributed by atoms with E-state index in [1.165, 1.54) is 12.8 Å². The molecule has 1 saturated carbocycles. The Bertz CT molecular complexity index is 456. The van der Waals surface area contributed by atoms with Gasteiger partial charge < -0.3 is 9.88 Å². The van der Waals surface area contributed by atoms with Crippen LogP contribution in [-0.2, 0) is 19.6 Å². The molecule has 6 heteroatoms. The Kier molecular flexibility index (Phi) is 2.87. The maximum Gasteiger partial charge on any atom is 0.0964 e. The summed E-state index contributed by atoms with van der Waals surface area (Å²) in [6.45, 7) is 2.53. The van der Waals surface area contributed by atoms with Gasteiger partial charge in [0.1, 0.15) is 0 Å². The summed E-state index contributed by atoms with van der Waals surface area (Å²) in [5, 5.41) is 11.7. The molecule has 0 atom stereocenters. The van der Waals surface area contributed by atoms with Gasteiger partial charge in [-0.05, 0) is 12.8 Å². The summed E-state index contributed by atoms with van der Waals surface area (Å²) >= 11 is 0. The molecule has 0 amide bonds. The van der Waals surface area contributed by atoms with E-state index in [0.29, 0.717) is 6.04 Å². The zero-order valence-electron chi connectivity index (χ0n) is 9.66. The van der Waals surface area contributed by atoms with Crippen LogP contribution in [-0.4, -0.2) is 30.6 Å². The van der Waals surface area contributed by atoms with E-state index in [1.54, 1.807) is 6.20 Å². The highest BCUT2D eigenvalue weighted by Crippen LogP contribution is 2.18. The standard InChI is InChI=1S/C11H16N6/c1-2-10(1)13-7-11-8-17(15-14-11)6-5-16-4-3-12-9-16/h3-4,8-10,13H,1-2,5-7H2. The van der Waals surface area contributed by atoms with Crippen LogP contribution in [0, 0.1) is 0 Å². The van der Waals surface area contributed by atoms with Gasteiger partial charge >= 0.3 is 0 Å². The van der Waals surface area contributed by atoms with Crippen LogP contribution in [0.4, 0.5) is 0 Å². The van der Waals surface area contributed by atoms with Gasteiger partial charge in [-0.25, -0.2) is 4.98 Å². The number of rotatable bonds is 6. The molecular weight excluding hydrogens is 216 g/mol. The summed E-state index contributed by atoms with van der Waals surface area (Å²) < 4.78 is 3.91. The van der Waals surface area contributed by atoms with Gasteiger partial charge in [0.2, 0.25) is 0 Å². The molecule has 0 aliphatic heterocycles. The average molecular weight is 232 g/mol. The Morgan fingerprint density at radius 3 is 3.06 bits per heavy atom. The summed E-state index contributed by atoms with van der Waals surface area (Å²) in [6.07, 6.45) is 10.2. The van der Waals surface area contributed by atoms with Gasteiger partial charge in [0.25, 0.3) is 0 Å². The number of aryl methyl sites for hydroxylation is 2. The maximum atomic E-state index is 4.14. The van der Waals surface area contributed by atoms with E-state index in [4.69, 9.17) is 0 Å². The highest BCUT2D eigenvalue weighted by molar-refractivity contribution is 4.94. The number of nitrogens with zero attached hydrogens (tertiary/aromatic N) is 5. The number of aromatic nitrogens is 5. The fourth-order valence-corrected chi connectivity index (χ4v) is 1.70. The molecule has 2 aromatic rings. The van der Waals surface area contributed by atoms with Gasteiger partial charge in [0.05, 0.1) is 18.6 Å². The van der Waals surface area contributed by atoms with Crippen LogP contribution in [0.5, 0.6) is 0 Å². The lowest BCUT2D eigenvalue weighted by molar-refractivity contribution is 0.519. The van der Waals surface area contributed by atoms with Crippen molar-refractivity contribution >= 4 is 0 Å². The molecule has 0 spiro atoms. The van der Waals surface area contributed by atoms with E-state index in [9.17, 15) is 0 Å². The average Bonchev–Trinajstić information content (AvgIpc) is 2.86. The first kappa shape index (κ1) is 10.5. The minimum absolute atomic E-state index is 0.714. The van der Waals surface area contributed by atoms with Crippen LogP contribution in [0.25, 0.3) is 0 Å². The van der Waals surface area contributed by atoms with E-state index in [-0.39, 0.29) is 0 Å². The number of imidazole rings is 1. The van der Waals surface area contributed by atoms with Gasteiger partial charge in [-0.2, -0.15) is 0 Å². The second-order valence-electron chi connectivity index (χ2n) is 4.43. The zero-order valence-corrected chi connectivity index (χ0v) is 9.66. The van der Waals surface area contributed by atoms with Crippen LogP contribution >= 0.6 is 0 Å². The minimum atomic E-state index is 0.714. The van der Waals surface area contributed by atoms with E-state index >= 15 is 0 Å². The Balaban J connectivity index is 1.49. The molecule has 1 N–H and O–H groups in total. The van der Waals surface area contributed by atoms with E-state index in [2.05, 4.69) is 20.6 Å². The van der Waals surface area contributed by atoms with Crippen molar-refractivity contribution in [2.24, 2.45) is 0 Å². The van der Waals surface area contributed by atoms with E-state index < -0.39 is 0 Å². The summed E-state index contributed by atoms with van der Waals surface area (Å²) in [7, 11) is 0. The van der Waals surface area contributed by atoms with Crippen molar-refractivity contribution in [1.82, 2.24) is 29.9 Å². The molecule has 3 rings (SSSR count). The number of hydrogen-bond donors (Lipinski definition) is 1. The molecule has 0 radical (unpaired) electrons. The molecule has 2 aromatic heterocycles. The summed E-state index contributed by atoms with van der Waals surface area (Å²) in [6, 6.07) is 0.714. The lowest BCUT2D eigenvalue weighted by atomic mass is 10.4. The Hall–Kier alpha value is -1.69. The van der Waals surface area contributed by atoms with Gasteiger partial charge in [-0.15, -0.1) is 5.10 Å². The second kappa shape index (κ2) is 4.67. The predicted molar refractivity (Wildman–Crippen MR) is 62.1 cm³/mol. The van der Waals surface area contributed by atoms with Crippen molar-refractivity contribution in [3.63, 3.8) is 0 Å². The molecular formula is C11H16N6. The molecule has 1 aliphatic rings. The third-order valence-corrected chi connectivity index (χ3v) is 2.88. The lowest BCUT2D eigenvalue weighted by Crippen LogP contribution is -2.15. The normalized spacial score (nSPS) is 15.3. The summed E-state index contributed by atoms with van der Waals surface area (Å²) in [5.74, 6) is 0. The largest absolute Gasteiger partial charge is 0.336 e. The third kappa shape index (κ3) is 2.91. The highest BCUT2D eigenvalue weighted by Gasteiger charge is 2.20. The van der Waals surface area contributed by atoms with Gasteiger partial charge in [0.15, 0.2) is 0 Å². The van der Waals surface area contributed by atoms with Crippen molar-refractivity contribution in [3.8, 4) is 0 Å². The van der Waals surface area contributed by atoms with E-state index in [1.807, 2.05) is 28.0 Å². The quantitative estimate of drug-likeness (QED) is 0.784. The Morgan fingerprint density at radius 1 is 1.35 bits per heavy atom. The second-order valence-corrected chi connectivity index (χ2v) is 4.43. The molecule has 2 heterocycles. The predicted octanol–water partition coefficient (Wildman–Crippen LogP) is 0.427. The Labute approximate surface area is 99.7 Å². The summed E-state index contributed by atoms with van der Waals surface area (Å²) in [5.41, 5.74) is 1.02. The summed E-state index contributed by atoms with van der Waals surface area (Å²) in [4.78, 5) is 4.00. The number of nitrogens with one attached hydrogen (secondary N) is 1. The van der Waals surface area contributed by atoms with Crippen LogP contribution in [0.2, 0.25) is 0 Å². The smallest absolute Gasteiger partial charge is 0.0964 e. The fourth-order valence-electron chi connectivity index (χ4n) is 1.70. The molecule has 0 aromatic carbocycles. The minimum Gasteiger partial charge on any atom is -0.336 e. The van der Waals surface area contributed by atoms with Gasteiger partial charge in [0, 0.05) is 37.7 Å². The van der Waals surface area contributed by atoms with Crippen molar-refractivity contribution < 1.29 is 0 Å². The molecule has 0 unspecified atom stereocenters. The first-order chi connectivity index (χ1) is 8.40. The van der Waals surface area contributed by atoms with E-state index in [0.717, 1.165) is 25.3 Å². The molecule has 6 nitrogen and oxygen atoms in total. The topological polar surface area (TPSA) is 60.6 Å². The lowest BCUT2D eigenvalue weighted by Gasteiger charge is -2.01. The maximum absolute atomic E-state index is 4.14. The molecule has 1 aliphatic carbocycles. The van der Waals surface area contributed by atoms with Crippen molar-refractivity contribution in [2.75, 3.05) is 0 Å². The highest BCUT2D eigenvalue weighted by atomic mass is 15.4. The molecule has 17 heavy (non-hydrogen) atoms. The fraction of sp³-hybridized carbons (Fsp3) is 0.545. The SMILES string of the molecule is c1cn(CCn2cc(CNC3CC3)nn2)cn1. The molecule has 0 saturated heterocycles. The van der Waals surface area contributed by atoms with Crippen LogP contribution in [0.15, 0.2) is 24.9 Å². The first-order valence-corrected chi connectivity index (χ1v) is 5.98. The number of hydrogen-bond acceptors (Lipinski definition) is 4. The van der Waals surface area contributed by atoms with Gasteiger partial charge in [-0.1, -0.05) is 5.21 Å². The van der Waals surface area contributed by atoms with Gasteiger partial charge in [-0.3, -0.25) is 4.68 Å². The van der Waals surface area contributed by atoms with Crippen LogP contribution < -0.4 is 5.32 Å². The van der Waals surface area contributed by atoms with Crippen molar-refractivity contribution in [1.29, 1.82) is 0 Å². The van der Waals surface area contributed by atoms with Crippen molar-refractivity contribution in [3.05, 3.63) is 30.6 Å². The Morgan fingerprint density at radius 2 is 2.29 bits per heavy atom. The molecule has 90 valence electrons. The molecule has 0 bridgehead atoms. The zero-order chi connectivity index (χ0) is 11.5. The monoisotopic (exact) mass is 232 g/mol. The third-order valence-electron chi connectivity index (χ3n) is 2.88. The van der Waals surface area contributed by atoms with Crippen LogP contribution in [0.1, 0.15) is 18.5 Å². The molecule has 1 fully saturated rings. The van der Waals surface area contributed by atoms with Crippen molar-refractivity contribution in [2.45, 2.75) is 38.5 Å².